The molecule has 0 saturated heterocycles. The summed E-state index contributed by atoms with van der Waals surface area (Å²) in [7, 11) is 1.63. The number of aliphatic hydroxyl groups is 2. The van der Waals surface area contributed by atoms with Gasteiger partial charge < -0.3 is 19.9 Å². The summed E-state index contributed by atoms with van der Waals surface area (Å²) < 4.78 is 5.33. The Morgan fingerprint density at radius 3 is 2.63 bits per heavy atom. The highest BCUT2D eigenvalue weighted by Crippen LogP contribution is 2.68. The van der Waals surface area contributed by atoms with Crippen LogP contribution in [0.5, 0.6) is 5.75 Å². The van der Waals surface area contributed by atoms with Gasteiger partial charge in [0.1, 0.15) is 11.6 Å². The largest absolute Gasteiger partial charge is 0.497 e. The van der Waals surface area contributed by atoms with Gasteiger partial charge >= 0.3 is 0 Å². The number of aromatic amines is 1. The maximum atomic E-state index is 12.7. The Balaban J connectivity index is 1.18. The van der Waals surface area contributed by atoms with E-state index in [1.165, 1.54) is 25.7 Å². The summed E-state index contributed by atoms with van der Waals surface area (Å²) in [5, 5.41) is 22.4. The molecule has 6 rings (SSSR count). The zero-order chi connectivity index (χ0) is 26.8. The lowest BCUT2D eigenvalue weighted by Crippen LogP contribution is -2.58. The fourth-order valence-corrected chi connectivity index (χ4v) is 10.2. The highest BCUT2D eigenvalue weighted by Gasteiger charge is 2.62. The number of fused-ring (bicyclic) bond motifs is 6. The normalized spacial score (nSPS) is 41.3. The molecule has 3 N–H and O–H groups in total. The van der Waals surface area contributed by atoms with Crippen LogP contribution in [-0.4, -0.2) is 39.5 Å². The van der Waals surface area contributed by atoms with Crippen LogP contribution >= 0.6 is 0 Å². The molecule has 4 aliphatic carbocycles. The van der Waals surface area contributed by atoms with E-state index in [0.29, 0.717) is 52.2 Å². The second kappa shape index (κ2) is 9.62. The highest BCUT2D eigenvalue weighted by atomic mass is 16.5. The third-order valence-corrected chi connectivity index (χ3v) is 12.2. The van der Waals surface area contributed by atoms with Crippen LogP contribution in [0.3, 0.4) is 0 Å². The van der Waals surface area contributed by atoms with Crippen LogP contribution in [0.1, 0.15) is 84.4 Å². The molecule has 6 heteroatoms. The second-order valence-corrected chi connectivity index (χ2v) is 13.9. The zero-order valence-electron chi connectivity index (χ0n) is 23.6. The monoisotopic (exact) mass is 522 g/mol. The number of methoxy groups -OCH3 is 1. The van der Waals surface area contributed by atoms with E-state index in [1.807, 2.05) is 6.07 Å². The molecule has 10 atom stereocenters. The first-order chi connectivity index (χ1) is 18.1. The fourth-order valence-electron chi connectivity index (χ4n) is 10.2. The SMILES string of the molecule is COc1ccc2c(=O)[nH]c(CC[C@@H](C)[C@H]3CC[C@H]4[C@H]5C(CC[C@]34C)[C@@]3(C)CC[C@@H](O)C[C@H]3C[C@@H]5O)nc2c1. The predicted octanol–water partition coefficient (Wildman–Crippen LogP) is 5.49. The summed E-state index contributed by atoms with van der Waals surface area (Å²) in [6, 6.07) is 5.42. The van der Waals surface area contributed by atoms with Crippen LogP contribution in [0.2, 0.25) is 0 Å². The van der Waals surface area contributed by atoms with Crippen LogP contribution in [0.15, 0.2) is 23.0 Å². The molecule has 4 aliphatic rings. The molecule has 1 unspecified atom stereocenters. The molecular formula is C32H46N2O4. The van der Waals surface area contributed by atoms with Crippen molar-refractivity contribution in [1.82, 2.24) is 9.97 Å². The van der Waals surface area contributed by atoms with Crippen LogP contribution in [0, 0.1) is 46.3 Å². The van der Waals surface area contributed by atoms with E-state index < -0.39 is 0 Å². The van der Waals surface area contributed by atoms with Crippen molar-refractivity contribution in [2.75, 3.05) is 7.11 Å². The Hall–Kier alpha value is -1.92. The minimum absolute atomic E-state index is 0.0835. The summed E-state index contributed by atoms with van der Waals surface area (Å²) in [4.78, 5) is 20.5. The van der Waals surface area contributed by atoms with Gasteiger partial charge in [0.05, 0.1) is 30.2 Å². The lowest BCUT2D eigenvalue weighted by Gasteiger charge is -2.62. The maximum absolute atomic E-state index is 12.7. The Morgan fingerprint density at radius 1 is 1.08 bits per heavy atom. The van der Waals surface area contributed by atoms with Crippen molar-refractivity contribution >= 4 is 10.9 Å². The number of hydrogen-bond donors (Lipinski definition) is 3. The van der Waals surface area contributed by atoms with Gasteiger partial charge in [0.2, 0.25) is 0 Å². The van der Waals surface area contributed by atoms with Crippen LogP contribution in [0.4, 0.5) is 0 Å². The fraction of sp³-hybridized carbons (Fsp3) is 0.750. The van der Waals surface area contributed by atoms with Crippen molar-refractivity contribution in [2.24, 2.45) is 46.3 Å². The predicted molar refractivity (Wildman–Crippen MR) is 149 cm³/mol. The Kier molecular flexibility index (Phi) is 6.66. The maximum Gasteiger partial charge on any atom is 0.258 e. The molecule has 6 nitrogen and oxygen atoms in total. The Bertz CT molecular complexity index is 1240. The first kappa shape index (κ1) is 26.3. The van der Waals surface area contributed by atoms with Gasteiger partial charge in [0, 0.05) is 12.5 Å². The number of nitrogens with zero attached hydrogens (tertiary/aromatic N) is 1. The number of rotatable bonds is 5. The van der Waals surface area contributed by atoms with Crippen LogP contribution in [-0.2, 0) is 6.42 Å². The van der Waals surface area contributed by atoms with Gasteiger partial charge in [-0.25, -0.2) is 4.98 Å². The smallest absolute Gasteiger partial charge is 0.258 e. The average Bonchev–Trinajstić information content (AvgIpc) is 3.25. The number of aryl methyl sites for hydroxylation is 1. The lowest BCUT2D eigenvalue weighted by molar-refractivity contribution is -0.174. The summed E-state index contributed by atoms with van der Waals surface area (Å²) in [6.07, 6.45) is 10.0. The Labute approximate surface area is 226 Å². The number of nitrogens with one attached hydrogen (secondary N) is 1. The first-order valence-electron chi connectivity index (χ1n) is 15.1. The molecule has 1 heterocycles. The highest BCUT2D eigenvalue weighted by molar-refractivity contribution is 5.79. The van der Waals surface area contributed by atoms with Crippen molar-refractivity contribution < 1.29 is 14.9 Å². The van der Waals surface area contributed by atoms with E-state index in [9.17, 15) is 15.0 Å². The number of hydrogen-bond acceptors (Lipinski definition) is 5. The number of benzene rings is 1. The minimum Gasteiger partial charge on any atom is -0.497 e. The Morgan fingerprint density at radius 2 is 1.84 bits per heavy atom. The molecule has 4 fully saturated rings. The van der Waals surface area contributed by atoms with Gasteiger partial charge in [-0.2, -0.15) is 0 Å². The van der Waals surface area contributed by atoms with Gasteiger partial charge in [0.15, 0.2) is 0 Å². The van der Waals surface area contributed by atoms with E-state index in [0.717, 1.165) is 44.3 Å². The lowest BCUT2D eigenvalue weighted by atomic mass is 9.43. The molecule has 0 spiro atoms. The van der Waals surface area contributed by atoms with Crippen molar-refractivity contribution in [3.8, 4) is 5.75 Å². The van der Waals surface area contributed by atoms with E-state index in [1.54, 1.807) is 19.2 Å². The number of aliphatic hydroxyl groups excluding tert-OH is 2. The number of H-pyrrole nitrogens is 1. The minimum atomic E-state index is -0.231. The van der Waals surface area contributed by atoms with Gasteiger partial charge in [-0.15, -0.1) is 0 Å². The molecule has 1 aromatic carbocycles. The van der Waals surface area contributed by atoms with Crippen molar-refractivity contribution in [3.05, 3.63) is 34.4 Å². The number of aromatic nitrogens is 2. The third-order valence-electron chi connectivity index (χ3n) is 12.2. The van der Waals surface area contributed by atoms with Crippen molar-refractivity contribution in [2.45, 2.75) is 97.2 Å². The van der Waals surface area contributed by atoms with E-state index in [4.69, 9.17) is 9.72 Å². The van der Waals surface area contributed by atoms with Crippen molar-refractivity contribution in [3.63, 3.8) is 0 Å². The molecule has 0 amide bonds. The number of ether oxygens (including phenoxy) is 1. The van der Waals surface area contributed by atoms with Crippen molar-refractivity contribution in [1.29, 1.82) is 0 Å². The van der Waals surface area contributed by atoms with Gasteiger partial charge in [-0.3, -0.25) is 4.79 Å². The van der Waals surface area contributed by atoms with Crippen LogP contribution < -0.4 is 10.3 Å². The molecule has 4 saturated carbocycles. The topological polar surface area (TPSA) is 95.4 Å². The average molecular weight is 523 g/mol. The second-order valence-electron chi connectivity index (χ2n) is 13.9. The molecule has 38 heavy (non-hydrogen) atoms. The molecule has 1 aromatic heterocycles. The van der Waals surface area contributed by atoms with Gasteiger partial charge in [-0.1, -0.05) is 20.8 Å². The molecule has 208 valence electrons. The molecule has 0 radical (unpaired) electrons. The molecule has 0 aliphatic heterocycles. The molecule has 2 aromatic rings. The summed E-state index contributed by atoms with van der Waals surface area (Å²) in [6.45, 7) is 7.40. The quantitative estimate of drug-likeness (QED) is 0.483. The molecular weight excluding hydrogens is 476 g/mol. The summed E-state index contributed by atoms with van der Waals surface area (Å²) in [5.41, 5.74) is 1.14. The van der Waals surface area contributed by atoms with Gasteiger partial charge in [-0.05, 0) is 116 Å². The summed E-state index contributed by atoms with van der Waals surface area (Å²) in [5.74, 6) is 4.65. The van der Waals surface area contributed by atoms with E-state index in [2.05, 4.69) is 25.8 Å². The van der Waals surface area contributed by atoms with Crippen LogP contribution in [0.25, 0.3) is 10.9 Å². The zero-order valence-corrected chi connectivity index (χ0v) is 23.6. The standard InChI is InChI=1S/C32H46N2O4/c1-18(5-10-28-33-26-17-21(38-4)6-7-22(26)30(37)34-28)23-8-9-24-29-25(12-14-32(23,24)3)31(2)13-11-20(35)15-19(31)16-27(29)36/h6-7,17-20,23-25,27,29,35-36H,5,8-16H2,1-4H3,(H,33,34,37)/t18-,19+,20-,23-,24+,25?,27+,29+,31+,32-/m1/s1. The van der Waals surface area contributed by atoms with Gasteiger partial charge in [0.25, 0.3) is 5.56 Å². The summed E-state index contributed by atoms with van der Waals surface area (Å²) >= 11 is 0. The van der Waals surface area contributed by atoms with E-state index in [-0.39, 0.29) is 28.6 Å². The molecule has 0 bridgehead atoms. The first-order valence-corrected chi connectivity index (χ1v) is 15.1. The third kappa shape index (κ3) is 4.13. The van der Waals surface area contributed by atoms with E-state index >= 15 is 0 Å².